The van der Waals surface area contributed by atoms with Gasteiger partial charge in [0.25, 0.3) is 0 Å². The van der Waals surface area contributed by atoms with Gasteiger partial charge in [-0.2, -0.15) is 0 Å². The van der Waals surface area contributed by atoms with Crippen molar-refractivity contribution in [3.63, 3.8) is 0 Å². The Balaban J connectivity index is 1.42. The van der Waals surface area contributed by atoms with Crippen molar-refractivity contribution in [1.82, 2.24) is 0 Å². The largest absolute Gasteiger partial charge is 0.509 e. The Hall–Kier alpha value is -1.52. The minimum Gasteiger partial charge on any atom is -0.481 e. The van der Waals surface area contributed by atoms with Crippen molar-refractivity contribution < 1.29 is 24.2 Å². The van der Waals surface area contributed by atoms with E-state index in [1.807, 2.05) is 0 Å². The van der Waals surface area contributed by atoms with Gasteiger partial charge in [0, 0.05) is 5.41 Å². The number of rotatable bonds is 1. The Kier molecular flexibility index (Phi) is 4.90. The van der Waals surface area contributed by atoms with E-state index in [1.54, 1.807) is 5.57 Å². The topological polar surface area (TPSA) is 72.8 Å². The highest BCUT2D eigenvalue weighted by Crippen LogP contribution is 2.75. The third-order valence-electron chi connectivity index (χ3n) is 13.1. The molecule has 1 heterocycles. The molecule has 5 heteroatoms. The standard InChI is InChI=1S/C31H46O5/c1-26(2)14-15-31(24(32)33)13-10-20-28(5)11-8-19-27(3,4)23-18(35-25(34)36-23)16-30(19,7)21(28)9-12-29(20,6)22(31)17-26/h10,18-19,21-23H,8-9,11-17H2,1-7H3,(H,32,33)/t18-,19+,21+,22+,23-,28+,29-,30+,31-/m1/s1. The van der Waals surface area contributed by atoms with Gasteiger partial charge in [-0.3, -0.25) is 4.79 Å². The smallest absolute Gasteiger partial charge is 0.481 e. The minimum absolute atomic E-state index is 0.0525. The van der Waals surface area contributed by atoms with Crippen LogP contribution >= 0.6 is 0 Å². The van der Waals surface area contributed by atoms with Gasteiger partial charge >= 0.3 is 12.1 Å². The molecule has 9 atom stereocenters. The zero-order chi connectivity index (χ0) is 26.1. The average molecular weight is 499 g/mol. The van der Waals surface area contributed by atoms with Crippen LogP contribution in [0.15, 0.2) is 11.6 Å². The first-order chi connectivity index (χ1) is 16.6. The second-order valence-electron chi connectivity index (χ2n) is 15.7. The number of hydrogen-bond donors (Lipinski definition) is 1. The number of carbonyl (C=O) groups is 2. The monoisotopic (exact) mass is 498 g/mol. The van der Waals surface area contributed by atoms with E-state index in [9.17, 15) is 14.7 Å². The van der Waals surface area contributed by atoms with Gasteiger partial charge in [0.1, 0.15) is 12.2 Å². The first-order valence-corrected chi connectivity index (χ1v) is 14.4. The highest BCUT2D eigenvalue weighted by Gasteiger charge is 2.70. The Bertz CT molecular complexity index is 1040. The molecule has 0 aromatic rings. The molecule has 0 unspecified atom stereocenters. The lowest BCUT2D eigenvalue weighted by Gasteiger charge is -2.70. The van der Waals surface area contributed by atoms with Crippen LogP contribution in [0.4, 0.5) is 4.79 Å². The summed E-state index contributed by atoms with van der Waals surface area (Å²) in [6.45, 7) is 16.6. The van der Waals surface area contributed by atoms with Crippen molar-refractivity contribution in [2.45, 2.75) is 118 Å². The summed E-state index contributed by atoms with van der Waals surface area (Å²) in [4.78, 5) is 25.0. The molecular formula is C31H46O5. The molecule has 36 heavy (non-hydrogen) atoms. The Labute approximate surface area is 216 Å². The first-order valence-electron chi connectivity index (χ1n) is 14.4. The fourth-order valence-corrected chi connectivity index (χ4v) is 11.6. The molecule has 0 aromatic carbocycles. The molecular weight excluding hydrogens is 452 g/mol. The molecule has 6 aliphatic rings. The number of carbonyl (C=O) groups excluding carboxylic acids is 1. The van der Waals surface area contributed by atoms with Crippen LogP contribution in [0.1, 0.15) is 106 Å². The van der Waals surface area contributed by atoms with E-state index >= 15 is 0 Å². The maximum atomic E-state index is 12.9. The minimum atomic E-state index is -0.618. The van der Waals surface area contributed by atoms with Gasteiger partial charge < -0.3 is 14.6 Å². The molecule has 5 fully saturated rings. The summed E-state index contributed by atoms with van der Waals surface area (Å²) in [7, 11) is 0. The molecule has 0 radical (unpaired) electrons. The van der Waals surface area contributed by atoms with E-state index in [4.69, 9.17) is 9.47 Å². The normalized spacial score (nSPS) is 52.2. The van der Waals surface area contributed by atoms with Crippen molar-refractivity contribution in [2.75, 3.05) is 0 Å². The molecule has 1 saturated heterocycles. The third-order valence-corrected chi connectivity index (χ3v) is 13.1. The van der Waals surface area contributed by atoms with Crippen LogP contribution in [-0.2, 0) is 14.3 Å². The Morgan fingerprint density at radius 3 is 2.17 bits per heavy atom. The summed E-state index contributed by atoms with van der Waals surface area (Å²) in [5, 5.41) is 10.6. The van der Waals surface area contributed by atoms with Crippen LogP contribution in [-0.4, -0.2) is 29.4 Å². The van der Waals surface area contributed by atoms with E-state index in [2.05, 4.69) is 54.5 Å². The number of ether oxygens (including phenoxy) is 2. The molecule has 1 N–H and O–H groups in total. The predicted molar refractivity (Wildman–Crippen MR) is 137 cm³/mol. The maximum absolute atomic E-state index is 12.9. The van der Waals surface area contributed by atoms with Gasteiger partial charge in [0.05, 0.1) is 5.41 Å². The number of carboxylic acids is 1. The van der Waals surface area contributed by atoms with Gasteiger partial charge in [-0.1, -0.05) is 60.1 Å². The van der Waals surface area contributed by atoms with Gasteiger partial charge in [0.2, 0.25) is 0 Å². The second-order valence-corrected chi connectivity index (χ2v) is 15.7. The van der Waals surface area contributed by atoms with E-state index in [0.717, 1.165) is 51.4 Å². The fourth-order valence-electron chi connectivity index (χ4n) is 11.6. The van der Waals surface area contributed by atoms with E-state index in [1.165, 1.54) is 0 Å². The molecule has 0 spiro atoms. The molecule has 0 aromatic heterocycles. The quantitative estimate of drug-likeness (QED) is 0.301. The molecule has 1 aliphatic heterocycles. The molecule has 4 saturated carbocycles. The molecule has 0 bridgehead atoms. The summed E-state index contributed by atoms with van der Waals surface area (Å²) < 4.78 is 11.5. The number of hydrogen-bond acceptors (Lipinski definition) is 4. The number of allylic oxidation sites excluding steroid dienone is 2. The number of aliphatic carboxylic acids is 1. The molecule has 200 valence electrons. The van der Waals surface area contributed by atoms with E-state index in [-0.39, 0.29) is 45.2 Å². The van der Waals surface area contributed by atoms with Crippen molar-refractivity contribution in [1.29, 1.82) is 0 Å². The van der Waals surface area contributed by atoms with Crippen LogP contribution in [0.25, 0.3) is 0 Å². The van der Waals surface area contributed by atoms with Crippen molar-refractivity contribution in [3.8, 4) is 0 Å². The summed E-state index contributed by atoms with van der Waals surface area (Å²) in [6, 6.07) is 0. The van der Waals surface area contributed by atoms with E-state index < -0.39 is 17.5 Å². The van der Waals surface area contributed by atoms with Gasteiger partial charge in [0.15, 0.2) is 0 Å². The first kappa shape index (κ1) is 24.8. The molecule has 0 amide bonds. The van der Waals surface area contributed by atoms with Crippen molar-refractivity contribution >= 4 is 12.1 Å². The number of fused-ring (bicyclic) bond motifs is 8. The Morgan fingerprint density at radius 1 is 0.861 bits per heavy atom. The lowest BCUT2D eigenvalue weighted by Crippen LogP contribution is -2.65. The third kappa shape index (κ3) is 2.89. The lowest BCUT2D eigenvalue weighted by atomic mass is 9.34. The molecule has 6 rings (SSSR count). The van der Waals surface area contributed by atoms with Gasteiger partial charge in [-0.25, -0.2) is 4.79 Å². The van der Waals surface area contributed by atoms with Gasteiger partial charge in [-0.05, 0) is 97.2 Å². The van der Waals surface area contributed by atoms with Crippen LogP contribution < -0.4 is 0 Å². The highest BCUT2D eigenvalue weighted by atomic mass is 16.8. The highest BCUT2D eigenvalue weighted by molar-refractivity contribution is 5.76. The summed E-state index contributed by atoms with van der Waals surface area (Å²) >= 11 is 0. The summed E-state index contributed by atoms with van der Waals surface area (Å²) in [5.41, 5.74) is 1.04. The average Bonchev–Trinajstić information content (AvgIpc) is 3.13. The zero-order valence-corrected chi connectivity index (χ0v) is 23.4. The van der Waals surface area contributed by atoms with Crippen LogP contribution in [0.2, 0.25) is 0 Å². The predicted octanol–water partition coefficient (Wildman–Crippen LogP) is 7.39. The maximum Gasteiger partial charge on any atom is 0.509 e. The van der Waals surface area contributed by atoms with E-state index in [0.29, 0.717) is 18.3 Å². The lowest BCUT2D eigenvalue weighted by molar-refractivity contribution is -0.196. The Morgan fingerprint density at radius 2 is 1.50 bits per heavy atom. The zero-order valence-electron chi connectivity index (χ0n) is 23.4. The van der Waals surface area contributed by atoms with Crippen LogP contribution in [0, 0.1) is 50.2 Å². The second kappa shape index (κ2) is 7.11. The molecule has 5 nitrogen and oxygen atoms in total. The fraction of sp³-hybridized carbons (Fsp3) is 0.871. The summed E-state index contributed by atoms with van der Waals surface area (Å²) in [6.07, 6.45) is 10.3. The summed E-state index contributed by atoms with van der Waals surface area (Å²) in [5.74, 6) is 0.576. The number of carboxylic acid groups (broad SMARTS) is 1. The van der Waals surface area contributed by atoms with Crippen LogP contribution in [0.5, 0.6) is 0 Å². The van der Waals surface area contributed by atoms with Crippen molar-refractivity contribution in [3.05, 3.63) is 11.6 Å². The van der Waals surface area contributed by atoms with Crippen LogP contribution in [0.3, 0.4) is 0 Å². The van der Waals surface area contributed by atoms with Crippen molar-refractivity contribution in [2.24, 2.45) is 50.2 Å². The molecule has 5 aliphatic carbocycles. The van der Waals surface area contributed by atoms with Gasteiger partial charge in [-0.15, -0.1) is 0 Å². The SMILES string of the molecule is CC1(C)CC[C@]2(C(=O)O)CC=C3[C@]4(C)CC[C@H]5C(C)(C)[C@@H]6OC(=O)O[C@@H]6C[C@]5(C)[C@H]4CC[C@@]3(C)[C@@H]2C1.